The maximum Gasteiger partial charge on any atom is 1.00 e. The zero-order chi connectivity index (χ0) is 7.56. The molecule has 1 aliphatic rings. The molecule has 1 saturated carbocycles. The SMILES string of the molecule is CC1CCCC(C=O)C1=O.[Na+]. The molecule has 0 aliphatic heterocycles. The smallest absolute Gasteiger partial charge is 0.303 e. The third-order valence-electron chi connectivity index (χ3n) is 2.17. The summed E-state index contributed by atoms with van der Waals surface area (Å²) in [7, 11) is 0. The Morgan fingerprint density at radius 1 is 1.45 bits per heavy atom. The van der Waals surface area contributed by atoms with Crippen LogP contribution in [0.15, 0.2) is 0 Å². The van der Waals surface area contributed by atoms with Gasteiger partial charge >= 0.3 is 29.6 Å². The maximum absolute atomic E-state index is 11.1. The van der Waals surface area contributed by atoms with Crippen molar-refractivity contribution in [2.24, 2.45) is 11.8 Å². The van der Waals surface area contributed by atoms with Gasteiger partial charge in [-0.3, -0.25) is 4.79 Å². The fraction of sp³-hybridized carbons (Fsp3) is 0.750. The summed E-state index contributed by atoms with van der Waals surface area (Å²) in [5.74, 6) is -0.0334. The topological polar surface area (TPSA) is 34.1 Å². The van der Waals surface area contributed by atoms with E-state index in [-0.39, 0.29) is 47.2 Å². The van der Waals surface area contributed by atoms with Gasteiger partial charge in [0.05, 0.1) is 5.92 Å². The van der Waals surface area contributed by atoms with E-state index in [0.29, 0.717) is 0 Å². The van der Waals surface area contributed by atoms with Crippen molar-refractivity contribution in [3.63, 3.8) is 0 Å². The monoisotopic (exact) mass is 163 g/mol. The molecule has 1 aliphatic carbocycles. The van der Waals surface area contributed by atoms with Gasteiger partial charge in [-0.25, -0.2) is 0 Å². The molecule has 2 nitrogen and oxygen atoms in total. The van der Waals surface area contributed by atoms with Gasteiger partial charge in [-0.1, -0.05) is 13.3 Å². The van der Waals surface area contributed by atoms with Crippen molar-refractivity contribution in [2.45, 2.75) is 26.2 Å². The van der Waals surface area contributed by atoms with Crippen LogP contribution in [0.3, 0.4) is 0 Å². The van der Waals surface area contributed by atoms with Crippen LogP contribution >= 0.6 is 0 Å². The van der Waals surface area contributed by atoms with Crippen molar-refractivity contribution in [1.29, 1.82) is 0 Å². The van der Waals surface area contributed by atoms with E-state index >= 15 is 0 Å². The Morgan fingerprint density at radius 3 is 2.55 bits per heavy atom. The Kier molecular flexibility index (Phi) is 5.23. The molecule has 11 heavy (non-hydrogen) atoms. The van der Waals surface area contributed by atoms with Gasteiger partial charge in [0.1, 0.15) is 12.1 Å². The summed E-state index contributed by atoms with van der Waals surface area (Å²) in [6.45, 7) is 1.90. The van der Waals surface area contributed by atoms with Crippen molar-refractivity contribution in [2.75, 3.05) is 0 Å². The van der Waals surface area contributed by atoms with Crippen molar-refractivity contribution in [3.8, 4) is 0 Å². The fourth-order valence-electron chi connectivity index (χ4n) is 1.43. The normalized spacial score (nSPS) is 30.8. The predicted molar refractivity (Wildman–Crippen MR) is 37.6 cm³/mol. The Labute approximate surface area is 89.0 Å². The summed E-state index contributed by atoms with van der Waals surface area (Å²) in [5, 5.41) is 0. The second kappa shape index (κ2) is 5.07. The first-order chi connectivity index (χ1) is 4.75. The molecule has 3 heteroatoms. The second-order valence-corrected chi connectivity index (χ2v) is 2.98. The standard InChI is InChI=1S/C8H12O2.Na/c1-6-3-2-4-7(5-9)8(6)10;/h5-7H,2-4H2,1H3;/q;+1. The maximum atomic E-state index is 11.1. The van der Waals surface area contributed by atoms with Crippen LogP contribution in [0.25, 0.3) is 0 Å². The quantitative estimate of drug-likeness (QED) is 0.259. The van der Waals surface area contributed by atoms with Crippen molar-refractivity contribution >= 4 is 12.1 Å². The van der Waals surface area contributed by atoms with Gasteiger partial charge in [0.15, 0.2) is 0 Å². The zero-order valence-electron chi connectivity index (χ0n) is 7.17. The molecule has 0 amide bonds. The van der Waals surface area contributed by atoms with Crippen LogP contribution in [0.1, 0.15) is 26.2 Å². The predicted octanol–water partition coefficient (Wildman–Crippen LogP) is -1.81. The number of carbonyl (C=O) groups excluding carboxylic acids is 2. The van der Waals surface area contributed by atoms with Crippen molar-refractivity contribution < 1.29 is 39.1 Å². The minimum absolute atomic E-state index is 0. The van der Waals surface area contributed by atoms with Gasteiger partial charge < -0.3 is 4.79 Å². The molecule has 0 spiro atoms. The van der Waals surface area contributed by atoms with E-state index in [1.165, 1.54) is 0 Å². The fourth-order valence-corrected chi connectivity index (χ4v) is 1.43. The number of aldehydes is 1. The number of ketones is 1. The van der Waals surface area contributed by atoms with Gasteiger partial charge in [-0.05, 0) is 12.8 Å². The minimum atomic E-state index is -0.288. The Morgan fingerprint density at radius 2 is 2.09 bits per heavy atom. The van der Waals surface area contributed by atoms with Gasteiger partial charge in [0, 0.05) is 5.92 Å². The molecule has 0 aromatic carbocycles. The van der Waals surface area contributed by atoms with Crippen LogP contribution in [0, 0.1) is 11.8 Å². The summed E-state index contributed by atoms with van der Waals surface area (Å²) >= 11 is 0. The molecule has 0 aromatic heterocycles. The van der Waals surface area contributed by atoms with Crippen LogP contribution in [0.5, 0.6) is 0 Å². The molecule has 0 N–H and O–H groups in total. The van der Waals surface area contributed by atoms with Gasteiger partial charge in [0.25, 0.3) is 0 Å². The van der Waals surface area contributed by atoms with Gasteiger partial charge in [0.2, 0.25) is 0 Å². The largest absolute Gasteiger partial charge is 1.00 e. The van der Waals surface area contributed by atoms with Crippen LogP contribution in [0.4, 0.5) is 0 Å². The number of Topliss-reactive ketones (excluding diaryl/α,β-unsaturated/α-hetero) is 1. The number of carbonyl (C=O) groups is 2. The van der Waals surface area contributed by atoms with Gasteiger partial charge in [-0.15, -0.1) is 0 Å². The molecular formula is C8H12NaO2+. The van der Waals surface area contributed by atoms with E-state index in [1.54, 1.807) is 0 Å². The Hall–Kier alpha value is 0.340. The molecule has 1 fully saturated rings. The molecular weight excluding hydrogens is 151 g/mol. The molecule has 0 bridgehead atoms. The Bertz CT molecular complexity index is 156. The van der Waals surface area contributed by atoms with Crippen molar-refractivity contribution in [1.82, 2.24) is 0 Å². The Balaban J connectivity index is 0.000001000. The molecule has 1 rings (SSSR count). The van der Waals surface area contributed by atoms with E-state index < -0.39 is 0 Å². The molecule has 0 heterocycles. The first-order valence-corrected chi connectivity index (χ1v) is 3.74. The average Bonchev–Trinajstić information content (AvgIpc) is 1.95. The second-order valence-electron chi connectivity index (χ2n) is 2.98. The molecule has 0 aromatic rings. The first kappa shape index (κ1) is 11.3. The molecule has 2 atom stereocenters. The van der Waals surface area contributed by atoms with E-state index in [0.717, 1.165) is 25.5 Å². The molecule has 0 saturated heterocycles. The average molecular weight is 163 g/mol. The number of rotatable bonds is 1. The first-order valence-electron chi connectivity index (χ1n) is 3.74. The summed E-state index contributed by atoms with van der Waals surface area (Å²) in [5.41, 5.74) is 0. The van der Waals surface area contributed by atoms with Crippen LogP contribution in [-0.2, 0) is 9.59 Å². The molecule has 2 unspecified atom stereocenters. The van der Waals surface area contributed by atoms with E-state index in [1.807, 2.05) is 6.92 Å². The van der Waals surface area contributed by atoms with Gasteiger partial charge in [-0.2, -0.15) is 0 Å². The molecule has 56 valence electrons. The minimum Gasteiger partial charge on any atom is -0.303 e. The third kappa shape index (κ3) is 2.69. The van der Waals surface area contributed by atoms with Crippen molar-refractivity contribution in [3.05, 3.63) is 0 Å². The summed E-state index contributed by atoms with van der Waals surface area (Å²) in [6, 6.07) is 0. The summed E-state index contributed by atoms with van der Waals surface area (Å²) in [6.07, 6.45) is 3.55. The van der Waals surface area contributed by atoms with E-state index in [4.69, 9.17) is 0 Å². The van der Waals surface area contributed by atoms with Crippen LogP contribution in [0.2, 0.25) is 0 Å². The van der Waals surface area contributed by atoms with Crippen LogP contribution in [-0.4, -0.2) is 12.1 Å². The van der Waals surface area contributed by atoms with Crippen LogP contribution < -0.4 is 29.6 Å². The zero-order valence-corrected chi connectivity index (χ0v) is 9.17. The summed E-state index contributed by atoms with van der Waals surface area (Å²) in [4.78, 5) is 21.4. The van der Waals surface area contributed by atoms with E-state index in [9.17, 15) is 9.59 Å². The number of hydrogen-bond acceptors (Lipinski definition) is 2. The number of hydrogen-bond donors (Lipinski definition) is 0. The summed E-state index contributed by atoms with van der Waals surface area (Å²) < 4.78 is 0. The van der Waals surface area contributed by atoms with E-state index in [2.05, 4.69) is 0 Å². The molecule has 0 radical (unpaired) electrons. The third-order valence-corrected chi connectivity index (χ3v) is 2.17.